The second-order valence-corrected chi connectivity index (χ2v) is 5.73. The highest BCUT2D eigenvalue weighted by atomic mass is 79.9. The number of nitrogens with two attached hydrogens (primary N) is 1. The summed E-state index contributed by atoms with van der Waals surface area (Å²) in [5.74, 6) is -0.0150. The zero-order valence-electron chi connectivity index (χ0n) is 12.3. The van der Waals surface area contributed by atoms with Crippen molar-refractivity contribution in [2.45, 2.75) is 39.5 Å². The van der Waals surface area contributed by atoms with Gasteiger partial charge >= 0.3 is 6.03 Å². The standard InChI is InChI=1S/C14H20BrN3O3/c1-8(2)17-7-10-5-4-6-11(15)12(10)21-9(3)13(19)18-14(16)20/h4-6,8-9,17H,7H2,1-3H3,(H3,16,18,19,20). The van der Waals surface area contributed by atoms with E-state index < -0.39 is 18.0 Å². The zero-order valence-corrected chi connectivity index (χ0v) is 13.9. The third kappa shape index (κ3) is 5.73. The summed E-state index contributed by atoms with van der Waals surface area (Å²) in [7, 11) is 0. The number of benzene rings is 1. The van der Waals surface area contributed by atoms with E-state index in [9.17, 15) is 9.59 Å². The van der Waals surface area contributed by atoms with E-state index in [0.717, 1.165) is 10.0 Å². The Hall–Kier alpha value is -1.60. The van der Waals surface area contributed by atoms with E-state index in [4.69, 9.17) is 10.5 Å². The number of carbonyl (C=O) groups excluding carboxylic acids is 2. The van der Waals surface area contributed by atoms with Gasteiger partial charge in [-0.05, 0) is 28.9 Å². The quantitative estimate of drug-likeness (QED) is 0.724. The Morgan fingerprint density at radius 1 is 1.33 bits per heavy atom. The van der Waals surface area contributed by atoms with E-state index >= 15 is 0 Å². The summed E-state index contributed by atoms with van der Waals surface area (Å²) in [6.45, 7) is 6.25. The predicted molar refractivity (Wildman–Crippen MR) is 83.9 cm³/mol. The van der Waals surface area contributed by atoms with Crippen LogP contribution in [-0.4, -0.2) is 24.1 Å². The summed E-state index contributed by atoms with van der Waals surface area (Å²) < 4.78 is 6.40. The molecule has 4 N–H and O–H groups in total. The van der Waals surface area contributed by atoms with Crippen molar-refractivity contribution < 1.29 is 14.3 Å². The number of nitrogens with one attached hydrogen (secondary N) is 2. The van der Waals surface area contributed by atoms with Crippen molar-refractivity contribution in [2.75, 3.05) is 0 Å². The summed E-state index contributed by atoms with van der Waals surface area (Å²) in [6, 6.07) is 5.06. The van der Waals surface area contributed by atoms with Crippen LogP contribution < -0.4 is 21.1 Å². The lowest BCUT2D eigenvalue weighted by Gasteiger charge is -2.18. The van der Waals surface area contributed by atoms with Crippen molar-refractivity contribution in [3.63, 3.8) is 0 Å². The van der Waals surface area contributed by atoms with E-state index in [0.29, 0.717) is 18.3 Å². The molecule has 116 valence electrons. The Balaban J connectivity index is 2.85. The molecule has 6 nitrogen and oxygen atoms in total. The molecule has 0 spiro atoms. The van der Waals surface area contributed by atoms with Crippen molar-refractivity contribution >= 4 is 27.9 Å². The Morgan fingerprint density at radius 3 is 2.57 bits per heavy atom. The second-order valence-electron chi connectivity index (χ2n) is 4.88. The highest BCUT2D eigenvalue weighted by molar-refractivity contribution is 9.10. The summed E-state index contributed by atoms with van der Waals surface area (Å²) in [4.78, 5) is 22.4. The van der Waals surface area contributed by atoms with Crippen molar-refractivity contribution in [2.24, 2.45) is 5.73 Å². The van der Waals surface area contributed by atoms with Gasteiger partial charge in [0.1, 0.15) is 5.75 Å². The summed E-state index contributed by atoms with van der Waals surface area (Å²) in [5, 5.41) is 5.28. The monoisotopic (exact) mass is 357 g/mol. The average molecular weight is 358 g/mol. The molecule has 0 saturated heterocycles. The normalized spacial score (nSPS) is 12.0. The lowest BCUT2D eigenvalue weighted by molar-refractivity contribution is -0.126. The molecule has 21 heavy (non-hydrogen) atoms. The fourth-order valence-corrected chi connectivity index (χ4v) is 2.09. The molecule has 1 aromatic carbocycles. The molecule has 0 radical (unpaired) electrons. The maximum absolute atomic E-state index is 11.7. The van der Waals surface area contributed by atoms with Crippen molar-refractivity contribution in [3.8, 4) is 5.75 Å². The Labute approximate surface area is 132 Å². The molecule has 7 heteroatoms. The number of hydrogen-bond acceptors (Lipinski definition) is 4. The number of rotatable bonds is 6. The van der Waals surface area contributed by atoms with Crippen LogP contribution in [0, 0.1) is 0 Å². The van der Waals surface area contributed by atoms with Gasteiger partial charge in [-0.15, -0.1) is 0 Å². The Morgan fingerprint density at radius 2 is 2.00 bits per heavy atom. The van der Waals surface area contributed by atoms with Crippen LogP contribution in [0.3, 0.4) is 0 Å². The van der Waals surface area contributed by atoms with Crippen LogP contribution >= 0.6 is 15.9 Å². The third-order valence-electron chi connectivity index (χ3n) is 2.66. The Bertz CT molecular complexity index is 520. The van der Waals surface area contributed by atoms with E-state index in [1.165, 1.54) is 0 Å². The molecule has 1 unspecified atom stereocenters. The smallest absolute Gasteiger partial charge is 0.318 e. The molecular formula is C14H20BrN3O3. The first-order valence-corrected chi connectivity index (χ1v) is 7.38. The topological polar surface area (TPSA) is 93.4 Å². The number of amides is 3. The summed E-state index contributed by atoms with van der Waals surface area (Å²) in [5.41, 5.74) is 5.83. The van der Waals surface area contributed by atoms with Gasteiger partial charge in [0.2, 0.25) is 0 Å². The minimum atomic E-state index is -0.899. The van der Waals surface area contributed by atoms with Gasteiger partial charge < -0.3 is 15.8 Å². The van der Waals surface area contributed by atoms with E-state index in [1.54, 1.807) is 6.92 Å². The Kier molecular flexibility index (Phi) is 6.64. The highest BCUT2D eigenvalue weighted by Crippen LogP contribution is 2.30. The van der Waals surface area contributed by atoms with Crippen molar-refractivity contribution in [1.29, 1.82) is 0 Å². The van der Waals surface area contributed by atoms with Gasteiger partial charge in [0.15, 0.2) is 6.10 Å². The molecule has 3 amide bonds. The molecule has 0 aliphatic heterocycles. The maximum Gasteiger partial charge on any atom is 0.318 e. The minimum Gasteiger partial charge on any atom is -0.479 e. The number of halogens is 1. The van der Waals surface area contributed by atoms with Gasteiger partial charge in [-0.25, -0.2) is 4.79 Å². The molecule has 0 aliphatic rings. The van der Waals surface area contributed by atoms with Crippen molar-refractivity contribution in [3.05, 3.63) is 28.2 Å². The van der Waals surface area contributed by atoms with Crippen LogP contribution in [-0.2, 0) is 11.3 Å². The van der Waals surface area contributed by atoms with Gasteiger partial charge in [-0.1, -0.05) is 26.0 Å². The van der Waals surface area contributed by atoms with Crippen LogP contribution in [0.5, 0.6) is 5.75 Å². The average Bonchev–Trinajstić information content (AvgIpc) is 2.38. The van der Waals surface area contributed by atoms with Crippen LogP contribution in [0.25, 0.3) is 0 Å². The molecule has 1 aromatic rings. The van der Waals surface area contributed by atoms with Crippen LogP contribution in [0.15, 0.2) is 22.7 Å². The van der Waals surface area contributed by atoms with Gasteiger partial charge in [-0.3, -0.25) is 10.1 Å². The van der Waals surface area contributed by atoms with E-state index in [-0.39, 0.29) is 0 Å². The van der Waals surface area contributed by atoms with Crippen molar-refractivity contribution in [1.82, 2.24) is 10.6 Å². The number of carbonyl (C=O) groups is 2. The molecule has 0 fully saturated rings. The predicted octanol–water partition coefficient (Wildman–Crippen LogP) is 1.91. The molecule has 0 aliphatic carbocycles. The molecule has 0 saturated carbocycles. The molecule has 1 rings (SSSR count). The number of para-hydroxylation sites is 1. The fourth-order valence-electron chi connectivity index (χ4n) is 1.59. The first-order valence-electron chi connectivity index (χ1n) is 6.59. The van der Waals surface area contributed by atoms with E-state index in [2.05, 4.69) is 21.2 Å². The van der Waals surface area contributed by atoms with Crippen LogP contribution in [0.4, 0.5) is 4.79 Å². The van der Waals surface area contributed by atoms with Gasteiger partial charge in [-0.2, -0.15) is 0 Å². The molecule has 0 bridgehead atoms. The highest BCUT2D eigenvalue weighted by Gasteiger charge is 2.19. The SMILES string of the molecule is CC(C)NCc1cccc(Br)c1OC(C)C(=O)NC(N)=O. The maximum atomic E-state index is 11.7. The first-order chi connectivity index (χ1) is 9.81. The van der Waals surface area contributed by atoms with E-state index in [1.807, 2.05) is 37.4 Å². The third-order valence-corrected chi connectivity index (χ3v) is 3.28. The molecular weight excluding hydrogens is 338 g/mol. The number of imide groups is 1. The van der Waals surface area contributed by atoms with Gasteiger partial charge in [0.05, 0.1) is 4.47 Å². The molecule has 0 aromatic heterocycles. The summed E-state index contributed by atoms with van der Waals surface area (Å²) in [6.07, 6.45) is -0.839. The summed E-state index contributed by atoms with van der Waals surface area (Å²) >= 11 is 3.41. The van der Waals surface area contributed by atoms with Gasteiger partial charge in [0.25, 0.3) is 5.91 Å². The molecule has 1 atom stereocenters. The number of urea groups is 1. The van der Waals surface area contributed by atoms with Crippen LogP contribution in [0.1, 0.15) is 26.3 Å². The molecule has 0 heterocycles. The number of ether oxygens (including phenoxy) is 1. The zero-order chi connectivity index (χ0) is 16.0. The number of primary amides is 1. The largest absolute Gasteiger partial charge is 0.479 e. The fraction of sp³-hybridized carbons (Fsp3) is 0.429. The second kappa shape index (κ2) is 7.99. The van der Waals surface area contributed by atoms with Crippen LogP contribution in [0.2, 0.25) is 0 Å². The lowest BCUT2D eigenvalue weighted by atomic mass is 10.2. The minimum absolute atomic E-state index is 0.326. The number of hydrogen-bond donors (Lipinski definition) is 3. The van der Waals surface area contributed by atoms with Gasteiger partial charge in [0, 0.05) is 18.2 Å². The lowest BCUT2D eigenvalue weighted by Crippen LogP contribution is -2.42. The first kappa shape index (κ1) is 17.5.